The average molecular weight is 375 g/mol. The largest absolute Gasteiger partial charge is 0.309 e. The van der Waals surface area contributed by atoms with Crippen molar-refractivity contribution in [3.8, 4) is 0 Å². The van der Waals surface area contributed by atoms with Crippen LogP contribution in [-0.2, 0) is 21.7 Å². The van der Waals surface area contributed by atoms with Gasteiger partial charge in [0.25, 0.3) is 0 Å². The molecule has 140 valence electrons. The summed E-state index contributed by atoms with van der Waals surface area (Å²) in [7, 11) is 1.12. The Morgan fingerprint density at radius 3 is 2.54 bits per heavy atom. The Kier molecular flexibility index (Phi) is 4.39. The van der Waals surface area contributed by atoms with Gasteiger partial charge in [-0.2, -0.15) is 5.10 Å². The summed E-state index contributed by atoms with van der Waals surface area (Å²) < 4.78 is 25.8. The van der Waals surface area contributed by atoms with Crippen LogP contribution in [-0.4, -0.2) is 60.2 Å². The van der Waals surface area contributed by atoms with Gasteiger partial charge in [0.15, 0.2) is 15.7 Å². The van der Waals surface area contributed by atoms with Crippen LogP contribution in [0.3, 0.4) is 0 Å². The molecule has 2 aliphatic rings. The fourth-order valence-electron chi connectivity index (χ4n) is 3.84. The maximum atomic E-state index is 12.0. The van der Waals surface area contributed by atoms with E-state index in [4.69, 9.17) is 10.1 Å². The lowest BCUT2D eigenvalue weighted by Crippen LogP contribution is -2.20. The zero-order chi connectivity index (χ0) is 18.4. The molecule has 1 atom stereocenters. The molecule has 26 heavy (non-hydrogen) atoms. The van der Waals surface area contributed by atoms with E-state index in [1.54, 1.807) is 0 Å². The Hall–Kier alpha value is -1.73. The van der Waals surface area contributed by atoms with Crippen molar-refractivity contribution in [2.24, 2.45) is 0 Å². The Labute approximate surface area is 155 Å². The fraction of sp³-hybridized carbons (Fsp3) is 0.579. The lowest BCUT2D eigenvalue weighted by Gasteiger charge is -2.14. The van der Waals surface area contributed by atoms with Gasteiger partial charge in [-0.25, -0.2) is 18.1 Å². The summed E-state index contributed by atoms with van der Waals surface area (Å²) in [6.07, 6.45) is 3.52. The fourth-order valence-corrected chi connectivity index (χ4v) is 5.53. The van der Waals surface area contributed by atoms with Crippen LogP contribution in [0.25, 0.3) is 0 Å². The predicted octanol–water partition coefficient (Wildman–Crippen LogP) is 1.82. The van der Waals surface area contributed by atoms with E-state index in [-0.39, 0.29) is 23.0 Å². The van der Waals surface area contributed by atoms with Crippen LogP contribution < -0.4 is 0 Å². The molecule has 7 heteroatoms. The monoisotopic (exact) mass is 374 g/mol. The third-order valence-electron chi connectivity index (χ3n) is 5.54. The molecule has 6 nitrogen and oxygen atoms in total. The maximum absolute atomic E-state index is 12.0. The van der Waals surface area contributed by atoms with E-state index in [1.807, 2.05) is 24.8 Å². The minimum absolute atomic E-state index is 0.0787. The van der Waals surface area contributed by atoms with E-state index in [0.717, 1.165) is 37.5 Å². The van der Waals surface area contributed by atoms with E-state index in [9.17, 15) is 8.42 Å². The number of rotatable bonds is 6. The SMILES string of the molecule is CN(C)CCc1nc(C2(c3ccccc3)CC2)nn1[C@H]1CCS(=O)(=O)C1. The maximum Gasteiger partial charge on any atom is 0.161 e. The third-order valence-corrected chi connectivity index (χ3v) is 7.29. The average Bonchev–Trinajstić information content (AvgIpc) is 3.18. The van der Waals surface area contributed by atoms with Crippen LogP contribution in [0.15, 0.2) is 30.3 Å². The van der Waals surface area contributed by atoms with Gasteiger partial charge in [0.05, 0.1) is 23.0 Å². The summed E-state index contributed by atoms with van der Waals surface area (Å²) in [5, 5.41) is 4.87. The van der Waals surface area contributed by atoms with Crippen molar-refractivity contribution < 1.29 is 8.42 Å². The van der Waals surface area contributed by atoms with Gasteiger partial charge in [-0.15, -0.1) is 0 Å². The molecule has 1 aromatic heterocycles. The summed E-state index contributed by atoms with van der Waals surface area (Å²) in [5.41, 5.74) is 1.17. The van der Waals surface area contributed by atoms with Gasteiger partial charge in [0.2, 0.25) is 0 Å². The molecule has 1 saturated heterocycles. The van der Waals surface area contributed by atoms with Gasteiger partial charge in [-0.1, -0.05) is 30.3 Å². The van der Waals surface area contributed by atoms with Gasteiger partial charge >= 0.3 is 0 Å². The molecule has 0 N–H and O–H groups in total. The highest BCUT2D eigenvalue weighted by atomic mass is 32.2. The van der Waals surface area contributed by atoms with Crippen LogP contribution in [0.5, 0.6) is 0 Å². The number of benzene rings is 1. The molecule has 0 radical (unpaired) electrons. The van der Waals surface area contributed by atoms with Crippen molar-refractivity contribution in [2.75, 3.05) is 32.1 Å². The van der Waals surface area contributed by atoms with Crippen LogP contribution >= 0.6 is 0 Å². The summed E-state index contributed by atoms with van der Waals surface area (Å²) in [5.74, 6) is 2.21. The van der Waals surface area contributed by atoms with Gasteiger partial charge in [0, 0.05) is 13.0 Å². The Morgan fingerprint density at radius 1 is 1.23 bits per heavy atom. The lowest BCUT2D eigenvalue weighted by molar-refractivity contribution is 0.395. The first-order chi connectivity index (χ1) is 12.4. The summed E-state index contributed by atoms with van der Waals surface area (Å²) >= 11 is 0. The number of hydrogen-bond acceptors (Lipinski definition) is 5. The van der Waals surface area contributed by atoms with Gasteiger partial charge < -0.3 is 4.90 Å². The van der Waals surface area contributed by atoms with Crippen LogP contribution in [0.1, 0.15) is 42.5 Å². The number of hydrogen-bond donors (Lipinski definition) is 0. The Balaban J connectivity index is 1.70. The number of aromatic nitrogens is 3. The molecule has 2 heterocycles. The normalized spacial score (nSPS) is 23.4. The molecule has 0 unspecified atom stereocenters. The Morgan fingerprint density at radius 2 is 1.96 bits per heavy atom. The Bertz CT molecular complexity index is 886. The first-order valence-electron chi connectivity index (χ1n) is 9.26. The molecule has 1 aromatic carbocycles. The lowest BCUT2D eigenvalue weighted by atomic mass is 9.95. The van der Waals surface area contributed by atoms with Crippen molar-refractivity contribution in [1.82, 2.24) is 19.7 Å². The second-order valence-corrected chi connectivity index (χ2v) is 10.1. The van der Waals surface area contributed by atoms with Gasteiger partial charge in [-0.3, -0.25) is 0 Å². The zero-order valence-electron chi connectivity index (χ0n) is 15.4. The molecule has 2 aromatic rings. The molecule has 1 aliphatic carbocycles. The van der Waals surface area contributed by atoms with Crippen molar-refractivity contribution in [3.05, 3.63) is 47.5 Å². The molecule has 1 aliphatic heterocycles. The van der Waals surface area contributed by atoms with Crippen LogP contribution in [0.4, 0.5) is 0 Å². The van der Waals surface area contributed by atoms with E-state index < -0.39 is 9.84 Å². The topological polar surface area (TPSA) is 68.1 Å². The molecule has 0 amide bonds. The zero-order valence-corrected chi connectivity index (χ0v) is 16.2. The second kappa shape index (κ2) is 6.46. The first kappa shape index (κ1) is 17.7. The van der Waals surface area contributed by atoms with Crippen molar-refractivity contribution in [2.45, 2.75) is 37.1 Å². The number of likely N-dealkylation sites (N-methyl/N-ethyl adjacent to an activating group) is 1. The summed E-state index contributed by atoms with van der Waals surface area (Å²) in [4.78, 5) is 7.03. The summed E-state index contributed by atoms with van der Waals surface area (Å²) in [6.45, 7) is 0.871. The highest BCUT2D eigenvalue weighted by Crippen LogP contribution is 2.52. The second-order valence-electron chi connectivity index (χ2n) is 7.85. The predicted molar refractivity (Wildman–Crippen MR) is 101 cm³/mol. The van der Waals surface area contributed by atoms with Crippen molar-refractivity contribution >= 4 is 9.84 Å². The molecule has 4 rings (SSSR count). The number of sulfone groups is 1. The molecular weight excluding hydrogens is 348 g/mol. The number of nitrogens with zero attached hydrogens (tertiary/aromatic N) is 4. The smallest absolute Gasteiger partial charge is 0.161 e. The van der Waals surface area contributed by atoms with E-state index in [2.05, 4.69) is 29.2 Å². The van der Waals surface area contributed by atoms with Crippen molar-refractivity contribution in [3.63, 3.8) is 0 Å². The van der Waals surface area contributed by atoms with Crippen LogP contribution in [0, 0.1) is 0 Å². The van der Waals surface area contributed by atoms with E-state index in [0.29, 0.717) is 6.42 Å². The molecule has 1 saturated carbocycles. The minimum Gasteiger partial charge on any atom is -0.309 e. The van der Waals surface area contributed by atoms with Gasteiger partial charge in [-0.05, 0) is 38.9 Å². The quantitative estimate of drug-likeness (QED) is 0.772. The standard InChI is InChI=1S/C19H26N4O2S/c1-22(2)12-8-17-20-18(19(10-11-19)15-6-4-3-5-7-15)21-23(17)16-9-13-26(24,25)14-16/h3-7,16H,8-14H2,1-2H3/t16-/m0/s1. The van der Waals surface area contributed by atoms with E-state index in [1.165, 1.54) is 5.56 Å². The first-order valence-corrected chi connectivity index (χ1v) is 11.1. The van der Waals surface area contributed by atoms with Crippen molar-refractivity contribution in [1.29, 1.82) is 0 Å². The third kappa shape index (κ3) is 3.30. The molecular formula is C19H26N4O2S. The minimum atomic E-state index is -2.95. The highest BCUT2D eigenvalue weighted by molar-refractivity contribution is 7.91. The van der Waals surface area contributed by atoms with Gasteiger partial charge in [0.1, 0.15) is 5.82 Å². The molecule has 0 spiro atoms. The summed E-state index contributed by atoms with van der Waals surface area (Å²) in [6, 6.07) is 10.4. The molecule has 2 fully saturated rings. The van der Waals surface area contributed by atoms with E-state index >= 15 is 0 Å². The van der Waals surface area contributed by atoms with Crippen LogP contribution in [0.2, 0.25) is 0 Å². The molecule has 0 bridgehead atoms. The highest BCUT2D eigenvalue weighted by Gasteiger charge is 2.50.